The van der Waals surface area contributed by atoms with Crippen molar-refractivity contribution in [2.75, 3.05) is 11.9 Å². The van der Waals surface area contributed by atoms with Crippen molar-refractivity contribution in [1.29, 1.82) is 5.26 Å². The van der Waals surface area contributed by atoms with Crippen molar-refractivity contribution in [3.05, 3.63) is 18.0 Å². The van der Waals surface area contributed by atoms with E-state index in [1.165, 1.54) is 6.42 Å². The minimum atomic E-state index is 0.399. The van der Waals surface area contributed by atoms with E-state index in [1.54, 1.807) is 12.3 Å². The molecule has 1 N–H and O–H groups in total. The van der Waals surface area contributed by atoms with Gasteiger partial charge < -0.3 is 5.32 Å². The maximum atomic E-state index is 8.64. The summed E-state index contributed by atoms with van der Waals surface area (Å²) in [5.41, 5.74) is 0.399. The molecule has 1 aromatic heterocycles. The van der Waals surface area contributed by atoms with E-state index < -0.39 is 0 Å². The number of anilines is 1. The second kappa shape index (κ2) is 5.97. The fourth-order valence-corrected chi connectivity index (χ4v) is 1.22. The molecule has 0 unspecified atom stereocenters. The standard InChI is InChI=1S/C11H16N4/c1-9(2)4-3-6-13-11-14-7-5-10(8-12)15-11/h5,7,9H,3-4,6H2,1-2H3,(H,13,14,15). The summed E-state index contributed by atoms with van der Waals surface area (Å²) < 4.78 is 0. The van der Waals surface area contributed by atoms with Gasteiger partial charge in [-0.05, 0) is 24.8 Å². The second-order valence-electron chi connectivity index (χ2n) is 3.84. The van der Waals surface area contributed by atoms with Crippen LogP contribution in [0.1, 0.15) is 32.4 Å². The topological polar surface area (TPSA) is 61.6 Å². The Balaban J connectivity index is 2.35. The fraction of sp³-hybridized carbons (Fsp3) is 0.545. The third-order valence-electron chi connectivity index (χ3n) is 2.01. The van der Waals surface area contributed by atoms with Crippen LogP contribution >= 0.6 is 0 Å². The zero-order chi connectivity index (χ0) is 11.1. The summed E-state index contributed by atoms with van der Waals surface area (Å²) in [5.74, 6) is 1.26. The maximum absolute atomic E-state index is 8.64. The molecule has 0 fully saturated rings. The first kappa shape index (κ1) is 11.4. The molecule has 0 aliphatic carbocycles. The molecule has 1 rings (SSSR count). The lowest BCUT2D eigenvalue weighted by Crippen LogP contribution is -2.06. The van der Waals surface area contributed by atoms with Gasteiger partial charge in [-0.3, -0.25) is 0 Å². The molecule has 1 aromatic rings. The molecular formula is C11H16N4. The molecule has 0 saturated heterocycles. The van der Waals surface area contributed by atoms with E-state index in [4.69, 9.17) is 5.26 Å². The van der Waals surface area contributed by atoms with Crippen LogP contribution in [0, 0.1) is 17.2 Å². The smallest absolute Gasteiger partial charge is 0.223 e. The molecule has 0 spiro atoms. The lowest BCUT2D eigenvalue weighted by Gasteiger charge is -2.06. The van der Waals surface area contributed by atoms with E-state index in [-0.39, 0.29) is 0 Å². The van der Waals surface area contributed by atoms with Gasteiger partial charge in [0.2, 0.25) is 5.95 Å². The first-order valence-electron chi connectivity index (χ1n) is 5.19. The summed E-state index contributed by atoms with van der Waals surface area (Å²) in [4.78, 5) is 8.06. The third kappa shape index (κ3) is 4.41. The Kier molecular flexibility index (Phi) is 4.55. The zero-order valence-corrected chi connectivity index (χ0v) is 9.20. The van der Waals surface area contributed by atoms with E-state index in [9.17, 15) is 0 Å². The number of nitrogens with one attached hydrogen (secondary N) is 1. The van der Waals surface area contributed by atoms with Crippen LogP contribution in [0.4, 0.5) is 5.95 Å². The van der Waals surface area contributed by atoms with E-state index >= 15 is 0 Å². The molecule has 0 atom stereocenters. The SMILES string of the molecule is CC(C)CCCNc1nccc(C#N)n1. The summed E-state index contributed by atoms with van der Waals surface area (Å²) in [6, 6.07) is 3.58. The minimum absolute atomic E-state index is 0.399. The third-order valence-corrected chi connectivity index (χ3v) is 2.01. The molecule has 80 valence electrons. The van der Waals surface area contributed by atoms with Gasteiger partial charge in [-0.1, -0.05) is 13.8 Å². The van der Waals surface area contributed by atoms with E-state index in [2.05, 4.69) is 29.1 Å². The summed E-state index contributed by atoms with van der Waals surface area (Å²) in [6.07, 6.45) is 3.87. The van der Waals surface area contributed by atoms with E-state index in [1.807, 2.05) is 6.07 Å². The summed E-state index contributed by atoms with van der Waals surface area (Å²) in [6.45, 7) is 5.26. The molecule has 4 nitrogen and oxygen atoms in total. The van der Waals surface area contributed by atoms with Gasteiger partial charge in [0, 0.05) is 12.7 Å². The molecule has 15 heavy (non-hydrogen) atoms. The molecule has 0 aliphatic rings. The average Bonchev–Trinajstić information content (AvgIpc) is 2.24. The zero-order valence-electron chi connectivity index (χ0n) is 9.20. The first-order chi connectivity index (χ1) is 7.22. The predicted octanol–water partition coefficient (Wildman–Crippen LogP) is 2.20. The van der Waals surface area contributed by atoms with Gasteiger partial charge in [0.05, 0.1) is 0 Å². The molecule has 0 amide bonds. The van der Waals surface area contributed by atoms with Crippen molar-refractivity contribution >= 4 is 5.95 Å². The Morgan fingerprint density at radius 2 is 2.33 bits per heavy atom. The van der Waals surface area contributed by atoms with Crippen LogP contribution in [0.5, 0.6) is 0 Å². The summed E-state index contributed by atoms with van der Waals surface area (Å²) >= 11 is 0. The number of nitrogens with zero attached hydrogens (tertiary/aromatic N) is 3. The van der Waals surface area contributed by atoms with Gasteiger partial charge in [0.25, 0.3) is 0 Å². The van der Waals surface area contributed by atoms with Crippen LogP contribution in [0.2, 0.25) is 0 Å². The Morgan fingerprint density at radius 3 is 3.00 bits per heavy atom. The van der Waals surface area contributed by atoms with Gasteiger partial charge in [-0.2, -0.15) is 5.26 Å². The highest BCUT2D eigenvalue weighted by Gasteiger charge is 1.98. The Hall–Kier alpha value is -1.63. The monoisotopic (exact) mass is 204 g/mol. The Bertz CT molecular complexity index is 341. The van der Waals surface area contributed by atoms with Crippen LogP contribution in [-0.2, 0) is 0 Å². The van der Waals surface area contributed by atoms with Gasteiger partial charge in [0.1, 0.15) is 11.8 Å². The highest BCUT2D eigenvalue weighted by atomic mass is 15.1. The molecular weight excluding hydrogens is 188 g/mol. The Labute approximate surface area is 90.4 Å². The normalized spacial score (nSPS) is 10.0. The van der Waals surface area contributed by atoms with E-state index in [0.717, 1.165) is 18.9 Å². The maximum Gasteiger partial charge on any atom is 0.223 e. The van der Waals surface area contributed by atoms with Crippen LogP contribution in [0.15, 0.2) is 12.3 Å². The summed E-state index contributed by atoms with van der Waals surface area (Å²) in [5, 5.41) is 11.7. The van der Waals surface area contributed by atoms with Gasteiger partial charge in [-0.15, -0.1) is 0 Å². The first-order valence-corrected chi connectivity index (χ1v) is 5.19. The molecule has 1 heterocycles. The van der Waals surface area contributed by atoms with Gasteiger partial charge in [0.15, 0.2) is 0 Å². The molecule has 4 heteroatoms. The van der Waals surface area contributed by atoms with Crippen molar-refractivity contribution in [3.8, 4) is 6.07 Å². The number of hydrogen-bond donors (Lipinski definition) is 1. The Morgan fingerprint density at radius 1 is 1.53 bits per heavy atom. The van der Waals surface area contributed by atoms with Gasteiger partial charge >= 0.3 is 0 Å². The number of aromatic nitrogens is 2. The fourth-order valence-electron chi connectivity index (χ4n) is 1.22. The van der Waals surface area contributed by atoms with Crippen LogP contribution in [-0.4, -0.2) is 16.5 Å². The number of nitriles is 1. The minimum Gasteiger partial charge on any atom is -0.354 e. The molecule has 0 aromatic carbocycles. The predicted molar refractivity (Wildman–Crippen MR) is 59.3 cm³/mol. The van der Waals surface area contributed by atoms with Gasteiger partial charge in [-0.25, -0.2) is 9.97 Å². The molecule has 0 radical (unpaired) electrons. The lowest BCUT2D eigenvalue weighted by molar-refractivity contribution is 0.566. The molecule has 0 aliphatic heterocycles. The van der Waals surface area contributed by atoms with Crippen LogP contribution < -0.4 is 5.32 Å². The molecule has 0 bridgehead atoms. The quantitative estimate of drug-likeness (QED) is 0.747. The lowest BCUT2D eigenvalue weighted by atomic mass is 10.1. The highest BCUT2D eigenvalue weighted by molar-refractivity contribution is 5.29. The van der Waals surface area contributed by atoms with Crippen LogP contribution in [0.25, 0.3) is 0 Å². The highest BCUT2D eigenvalue weighted by Crippen LogP contribution is 2.04. The van der Waals surface area contributed by atoms with E-state index in [0.29, 0.717) is 11.6 Å². The number of hydrogen-bond acceptors (Lipinski definition) is 4. The number of rotatable bonds is 5. The van der Waals surface area contributed by atoms with Crippen molar-refractivity contribution in [2.24, 2.45) is 5.92 Å². The van der Waals surface area contributed by atoms with Crippen molar-refractivity contribution < 1.29 is 0 Å². The summed E-state index contributed by atoms with van der Waals surface area (Å²) in [7, 11) is 0. The van der Waals surface area contributed by atoms with Crippen molar-refractivity contribution in [3.63, 3.8) is 0 Å². The van der Waals surface area contributed by atoms with Crippen LogP contribution in [0.3, 0.4) is 0 Å². The largest absolute Gasteiger partial charge is 0.354 e. The van der Waals surface area contributed by atoms with Crippen molar-refractivity contribution in [1.82, 2.24) is 9.97 Å². The average molecular weight is 204 g/mol. The second-order valence-corrected chi connectivity index (χ2v) is 3.84. The van der Waals surface area contributed by atoms with Crippen molar-refractivity contribution in [2.45, 2.75) is 26.7 Å². The molecule has 0 saturated carbocycles.